The second-order valence-corrected chi connectivity index (χ2v) is 6.07. The molecular weight excluding hydrogens is 308 g/mol. The lowest BCUT2D eigenvalue weighted by Crippen LogP contribution is -2.41. The number of carbonyl (C=O) groups is 1. The van der Waals surface area contributed by atoms with E-state index in [1.165, 1.54) is 0 Å². The van der Waals surface area contributed by atoms with Crippen LogP contribution >= 0.6 is 0 Å². The molecule has 0 radical (unpaired) electrons. The molecule has 0 aromatic carbocycles. The fraction of sp³-hybridized carbons (Fsp3) is 0.562. The number of carbonyl (C=O) groups excluding carboxylic acids is 1. The maximum Gasteiger partial charge on any atom is 0.271 e. The van der Waals surface area contributed by atoms with Crippen molar-refractivity contribution in [2.75, 3.05) is 39.4 Å². The van der Waals surface area contributed by atoms with Crippen LogP contribution in [0.15, 0.2) is 12.1 Å². The number of amides is 1. The summed E-state index contributed by atoms with van der Waals surface area (Å²) in [6.07, 6.45) is 0. The fourth-order valence-corrected chi connectivity index (χ4v) is 2.80. The third-order valence-corrected chi connectivity index (χ3v) is 4.10. The zero-order chi connectivity index (χ0) is 16.9. The number of rotatable bonds is 6. The molecule has 8 heteroatoms. The summed E-state index contributed by atoms with van der Waals surface area (Å²) >= 11 is 0. The van der Waals surface area contributed by atoms with Crippen LogP contribution in [0.1, 0.15) is 27.6 Å². The summed E-state index contributed by atoms with van der Waals surface area (Å²) in [6, 6.07) is 3.80. The van der Waals surface area contributed by atoms with Gasteiger partial charge in [0.1, 0.15) is 5.69 Å². The Balaban J connectivity index is 1.49. The number of aromatic amines is 1. The summed E-state index contributed by atoms with van der Waals surface area (Å²) in [5.74, 6) is -0.154. The van der Waals surface area contributed by atoms with Gasteiger partial charge in [0.25, 0.3) is 5.91 Å². The highest BCUT2D eigenvalue weighted by molar-refractivity contribution is 5.92. The smallest absolute Gasteiger partial charge is 0.271 e. The lowest BCUT2D eigenvalue weighted by Gasteiger charge is -2.26. The number of H-pyrrole nitrogens is 1. The van der Waals surface area contributed by atoms with Crippen LogP contribution in [0.2, 0.25) is 0 Å². The van der Waals surface area contributed by atoms with Crippen LogP contribution in [0, 0.1) is 13.8 Å². The Kier molecular flexibility index (Phi) is 5.27. The molecular formula is C16H24N6O2. The van der Waals surface area contributed by atoms with Crippen molar-refractivity contribution >= 4 is 5.91 Å². The average Bonchev–Trinajstić information content (AvgIpc) is 3.15. The number of nitrogens with zero attached hydrogens (tertiary/aromatic N) is 4. The maximum atomic E-state index is 12.2. The third-order valence-electron chi connectivity index (χ3n) is 4.10. The minimum atomic E-state index is -0.154. The van der Waals surface area contributed by atoms with E-state index >= 15 is 0 Å². The van der Waals surface area contributed by atoms with Gasteiger partial charge < -0.3 is 10.1 Å². The molecule has 2 N–H and O–H groups in total. The standard InChI is InChI=1S/C16H24N6O2/c1-12-9-13(2)22(20-12)11-14-10-15(19-18-14)16(23)17-3-4-21-5-7-24-8-6-21/h9-10H,3-8,11H2,1-2H3,(H,17,23)(H,18,19). The van der Waals surface area contributed by atoms with Gasteiger partial charge in [-0.2, -0.15) is 10.2 Å². The van der Waals surface area contributed by atoms with Gasteiger partial charge >= 0.3 is 0 Å². The van der Waals surface area contributed by atoms with E-state index in [1.807, 2.05) is 24.6 Å². The molecule has 1 aliphatic rings. The molecule has 1 aliphatic heterocycles. The first-order chi connectivity index (χ1) is 11.6. The van der Waals surface area contributed by atoms with Crippen LogP contribution in [0.25, 0.3) is 0 Å². The number of nitrogens with one attached hydrogen (secondary N) is 2. The van der Waals surface area contributed by atoms with E-state index < -0.39 is 0 Å². The Bertz CT molecular complexity index is 687. The number of ether oxygens (including phenoxy) is 1. The van der Waals surface area contributed by atoms with Gasteiger partial charge in [0.2, 0.25) is 0 Å². The van der Waals surface area contributed by atoms with E-state index in [0.717, 1.165) is 49.9 Å². The summed E-state index contributed by atoms with van der Waals surface area (Å²) in [6.45, 7) is 9.37. The highest BCUT2D eigenvalue weighted by Crippen LogP contribution is 2.07. The minimum Gasteiger partial charge on any atom is -0.379 e. The van der Waals surface area contributed by atoms with Crippen molar-refractivity contribution in [3.63, 3.8) is 0 Å². The Morgan fingerprint density at radius 3 is 2.83 bits per heavy atom. The van der Waals surface area contributed by atoms with E-state index in [2.05, 4.69) is 25.5 Å². The van der Waals surface area contributed by atoms with Crippen molar-refractivity contribution in [2.45, 2.75) is 20.4 Å². The summed E-state index contributed by atoms with van der Waals surface area (Å²) < 4.78 is 7.20. The molecule has 3 heterocycles. The van der Waals surface area contributed by atoms with Crippen molar-refractivity contribution in [3.8, 4) is 0 Å². The van der Waals surface area contributed by atoms with Crippen LogP contribution in [0.5, 0.6) is 0 Å². The second kappa shape index (κ2) is 7.59. The van der Waals surface area contributed by atoms with Gasteiger partial charge in [0.05, 0.1) is 31.1 Å². The van der Waals surface area contributed by atoms with Crippen molar-refractivity contribution in [1.29, 1.82) is 0 Å². The molecule has 130 valence electrons. The SMILES string of the molecule is Cc1cc(C)n(Cc2cc(C(=O)NCCN3CCOCC3)n[nH]2)n1. The quantitative estimate of drug-likeness (QED) is 0.796. The third kappa shape index (κ3) is 4.21. The van der Waals surface area contributed by atoms with Crippen molar-refractivity contribution in [1.82, 2.24) is 30.2 Å². The second-order valence-electron chi connectivity index (χ2n) is 6.07. The molecule has 24 heavy (non-hydrogen) atoms. The monoisotopic (exact) mass is 332 g/mol. The zero-order valence-corrected chi connectivity index (χ0v) is 14.2. The molecule has 0 aliphatic carbocycles. The minimum absolute atomic E-state index is 0.154. The van der Waals surface area contributed by atoms with E-state index in [-0.39, 0.29) is 5.91 Å². The van der Waals surface area contributed by atoms with Crippen LogP contribution in [-0.2, 0) is 11.3 Å². The Morgan fingerprint density at radius 2 is 2.12 bits per heavy atom. The Hall–Kier alpha value is -2.19. The van der Waals surface area contributed by atoms with Gasteiger partial charge in [-0.1, -0.05) is 0 Å². The molecule has 1 amide bonds. The van der Waals surface area contributed by atoms with Crippen LogP contribution < -0.4 is 5.32 Å². The van der Waals surface area contributed by atoms with Gasteiger partial charge in [-0.15, -0.1) is 0 Å². The first-order valence-electron chi connectivity index (χ1n) is 8.25. The first-order valence-corrected chi connectivity index (χ1v) is 8.25. The first kappa shape index (κ1) is 16.7. The summed E-state index contributed by atoms with van der Waals surface area (Å²) in [5.41, 5.74) is 3.33. The van der Waals surface area contributed by atoms with Gasteiger partial charge in [-0.25, -0.2) is 0 Å². The Morgan fingerprint density at radius 1 is 1.33 bits per heavy atom. The molecule has 0 spiro atoms. The maximum absolute atomic E-state index is 12.2. The van der Waals surface area contributed by atoms with E-state index in [1.54, 1.807) is 6.07 Å². The van der Waals surface area contributed by atoms with Gasteiger partial charge in [-0.05, 0) is 26.0 Å². The summed E-state index contributed by atoms with van der Waals surface area (Å²) in [4.78, 5) is 14.4. The molecule has 0 unspecified atom stereocenters. The van der Waals surface area contributed by atoms with E-state index in [4.69, 9.17) is 4.74 Å². The van der Waals surface area contributed by atoms with Crippen molar-refractivity contribution < 1.29 is 9.53 Å². The van der Waals surface area contributed by atoms with Gasteiger partial charge in [0, 0.05) is 31.9 Å². The normalized spacial score (nSPS) is 15.6. The van der Waals surface area contributed by atoms with Crippen LogP contribution in [0.3, 0.4) is 0 Å². The predicted octanol–water partition coefficient (Wildman–Crippen LogP) is 0.333. The summed E-state index contributed by atoms with van der Waals surface area (Å²) in [7, 11) is 0. The number of aromatic nitrogens is 4. The van der Waals surface area contributed by atoms with Crippen molar-refractivity contribution in [2.24, 2.45) is 0 Å². The zero-order valence-electron chi connectivity index (χ0n) is 14.2. The number of morpholine rings is 1. The molecule has 2 aromatic rings. The average molecular weight is 332 g/mol. The molecule has 2 aromatic heterocycles. The van der Waals surface area contributed by atoms with Gasteiger partial charge in [-0.3, -0.25) is 19.5 Å². The highest BCUT2D eigenvalue weighted by atomic mass is 16.5. The van der Waals surface area contributed by atoms with Crippen LogP contribution in [0.4, 0.5) is 0 Å². The molecule has 8 nitrogen and oxygen atoms in total. The van der Waals surface area contributed by atoms with E-state index in [0.29, 0.717) is 18.8 Å². The Labute approximate surface area is 141 Å². The topological polar surface area (TPSA) is 88.1 Å². The lowest BCUT2D eigenvalue weighted by molar-refractivity contribution is 0.0383. The number of aryl methyl sites for hydroxylation is 2. The van der Waals surface area contributed by atoms with Crippen LogP contribution in [-0.4, -0.2) is 70.2 Å². The largest absolute Gasteiger partial charge is 0.379 e. The molecule has 0 saturated carbocycles. The molecule has 3 rings (SSSR count). The molecule has 1 fully saturated rings. The molecule has 0 atom stereocenters. The molecule has 1 saturated heterocycles. The van der Waals surface area contributed by atoms with Crippen molar-refractivity contribution in [3.05, 3.63) is 34.9 Å². The number of hydrogen-bond acceptors (Lipinski definition) is 5. The summed E-state index contributed by atoms with van der Waals surface area (Å²) in [5, 5.41) is 14.3. The molecule has 0 bridgehead atoms. The van der Waals surface area contributed by atoms with Gasteiger partial charge in [0.15, 0.2) is 0 Å². The predicted molar refractivity (Wildman–Crippen MR) is 89.0 cm³/mol. The highest BCUT2D eigenvalue weighted by Gasteiger charge is 2.13. The lowest BCUT2D eigenvalue weighted by atomic mass is 10.3. The fourth-order valence-electron chi connectivity index (χ4n) is 2.80. The van der Waals surface area contributed by atoms with E-state index in [9.17, 15) is 4.79 Å². The number of hydrogen-bond donors (Lipinski definition) is 2.